The molecule has 96 valence electrons. The number of rotatable bonds is 8. The minimum atomic E-state index is -0.256. The van der Waals surface area contributed by atoms with Crippen LogP contribution in [0.3, 0.4) is 0 Å². The Morgan fingerprint density at radius 1 is 1.41 bits per heavy atom. The van der Waals surface area contributed by atoms with Crippen LogP contribution in [0.4, 0.5) is 4.39 Å². The molecular formula is C13H21FN2O. The molecule has 0 fully saturated rings. The molecule has 1 N–H and O–H groups in total. The topological polar surface area (TPSA) is 34.1 Å². The maximum atomic E-state index is 13.6. The predicted octanol–water partition coefficient (Wildman–Crippen LogP) is 2.69. The molecule has 1 rings (SSSR count). The first kappa shape index (κ1) is 14.1. The molecular weight excluding hydrogens is 219 g/mol. The summed E-state index contributed by atoms with van der Waals surface area (Å²) in [4.78, 5) is 3.76. The molecule has 0 aromatic carbocycles. The van der Waals surface area contributed by atoms with Gasteiger partial charge in [0, 0.05) is 31.0 Å². The van der Waals surface area contributed by atoms with Gasteiger partial charge < -0.3 is 10.1 Å². The molecule has 0 saturated carbocycles. The molecule has 0 aliphatic carbocycles. The van der Waals surface area contributed by atoms with Gasteiger partial charge in [-0.15, -0.1) is 0 Å². The Balaban J connectivity index is 2.56. The van der Waals surface area contributed by atoms with Crippen molar-refractivity contribution >= 4 is 0 Å². The second-order valence-electron chi connectivity index (χ2n) is 3.91. The van der Waals surface area contributed by atoms with Crippen molar-refractivity contribution in [1.82, 2.24) is 10.3 Å². The predicted molar refractivity (Wildman–Crippen MR) is 66.3 cm³/mol. The minimum absolute atomic E-state index is 0.000133. The quantitative estimate of drug-likeness (QED) is 0.709. The van der Waals surface area contributed by atoms with Gasteiger partial charge in [0.1, 0.15) is 5.82 Å². The summed E-state index contributed by atoms with van der Waals surface area (Å²) in [6.45, 7) is 6.30. The van der Waals surface area contributed by atoms with Gasteiger partial charge >= 0.3 is 0 Å². The van der Waals surface area contributed by atoms with E-state index in [1.807, 2.05) is 6.92 Å². The Morgan fingerprint density at radius 2 is 2.24 bits per heavy atom. The fraction of sp³-hybridized carbons (Fsp3) is 0.615. The van der Waals surface area contributed by atoms with E-state index in [1.165, 1.54) is 6.20 Å². The molecule has 0 spiro atoms. The van der Waals surface area contributed by atoms with Crippen molar-refractivity contribution in [2.75, 3.05) is 19.8 Å². The number of pyridine rings is 1. The van der Waals surface area contributed by atoms with Crippen LogP contribution in [0.5, 0.6) is 0 Å². The van der Waals surface area contributed by atoms with E-state index in [4.69, 9.17) is 4.74 Å². The van der Waals surface area contributed by atoms with E-state index in [0.717, 1.165) is 26.0 Å². The lowest BCUT2D eigenvalue weighted by molar-refractivity contribution is 0.124. The highest BCUT2D eigenvalue weighted by Crippen LogP contribution is 2.19. The van der Waals surface area contributed by atoms with Gasteiger partial charge in [-0.2, -0.15) is 0 Å². The maximum Gasteiger partial charge on any atom is 0.146 e. The van der Waals surface area contributed by atoms with Crippen LogP contribution < -0.4 is 5.32 Å². The summed E-state index contributed by atoms with van der Waals surface area (Å²) in [5.41, 5.74) is 0.668. The van der Waals surface area contributed by atoms with E-state index in [1.54, 1.807) is 12.3 Å². The lowest BCUT2D eigenvalue weighted by atomic mass is 10.1. The normalized spacial score (nSPS) is 12.6. The standard InChI is InChI=1S/C13H21FN2O/c1-3-8-17-9-6-13(16-4-2)11-5-7-15-10-12(11)14/h5,7,10,13,16H,3-4,6,8-9H2,1-2H3. The summed E-state index contributed by atoms with van der Waals surface area (Å²) in [7, 11) is 0. The van der Waals surface area contributed by atoms with Crippen LogP contribution in [0.15, 0.2) is 18.5 Å². The Morgan fingerprint density at radius 3 is 2.88 bits per heavy atom. The van der Waals surface area contributed by atoms with Crippen LogP contribution in [-0.2, 0) is 4.74 Å². The molecule has 4 heteroatoms. The second-order valence-corrected chi connectivity index (χ2v) is 3.91. The lowest BCUT2D eigenvalue weighted by Crippen LogP contribution is -2.23. The molecule has 1 atom stereocenters. The van der Waals surface area contributed by atoms with Crippen molar-refractivity contribution in [2.45, 2.75) is 32.7 Å². The van der Waals surface area contributed by atoms with Crippen molar-refractivity contribution in [3.8, 4) is 0 Å². The number of nitrogens with one attached hydrogen (secondary N) is 1. The number of halogens is 1. The number of hydrogen-bond acceptors (Lipinski definition) is 3. The van der Waals surface area contributed by atoms with Crippen molar-refractivity contribution < 1.29 is 9.13 Å². The first-order valence-corrected chi connectivity index (χ1v) is 6.20. The first-order chi connectivity index (χ1) is 8.29. The van der Waals surface area contributed by atoms with Gasteiger partial charge in [0.15, 0.2) is 0 Å². The fourth-order valence-corrected chi connectivity index (χ4v) is 1.73. The molecule has 0 amide bonds. The fourth-order valence-electron chi connectivity index (χ4n) is 1.73. The van der Waals surface area contributed by atoms with E-state index < -0.39 is 0 Å². The van der Waals surface area contributed by atoms with Gasteiger partial charge in [-0.05, 0) is 25.5 Å². The molecule has 3 nitrogen and oxygen atoms in total. The zero-order valence-corrected chi connectivity index (χ0v) is 10.6. The van der Waals surface area contributed by atoms with Crippen LogP contribution in [-0.4, -0.2) is 24.7 Å². The number of ether oxygens (including phenoxy) is 1. The highest BCUT2D eigenvalue weighted by Gasteiger charge is 2.14. The zero-order chi connectivity index (χ0) is 12.5. The minimum Gasteiger partial charge on any atom is -0.381 e. The molecule has 0 radical (unpaired) electrons. The van der Waals surface area contributed by atoms with Crippen molar-refractivity contribution in [3.63, 3.8) is 0 Å². The molecule has 0 aliphatic heterocycles. The molecule has 17 heavy (non-hydrogen) atoms. The second kappa shape index (κ2) is 8.14. The number of hydrogen-bond donors (Lipinski definition) is 1. The Kier molecular flexibility index (Phi) is 6.74. The molecule has 0 bridgehead atoms. The SMILES string of the molecule is CCCOCCC(NCC)c1ccncc1F. The Labute approximate surface area is 102 Å². The third-order valence-corrected chi connectivity index (χ3v) is 2.53. The highest BCUT2D eigenvalue weighted by molar-refractivity contribution is 5.17. The average molecular weight is 240 g/mol. The van der Waals surface area contributed by atoms with E-state index in [0.29, 0.717) is 12.2 Å². The van der Waals surface area contributed by atoms with Gasteiger partial charge in [-0.3, -0.25) is 4.98 Å². The first-order valence-electron chi connectivity index (χ1n) is 6.20. The van der Waals surface area contributed by atoms with Crippen LogP contribution in [0.2, 0.25) is 0 Å². The summed E-state index contributed by atoms with van der Waals surface area (Å²) in [5, 5.41) is 3.27. The van der Waals surface area contributed by atoms with Crippen LogP contribution >= 0.6 is 0 Å². The molecule has 0 saturated heterocycles. The molecule has 1 aromatic rings. The van der Waals surface area contributed by atoms with Crippen LogP contribution in [0.25, 0.3) is 0 Å². The van der Waals surface area contributed by atoms with Crippen LogP contribution in [0, 0.1) is 5.82 Å². The summed E-state index contributed by atoms with van der Waals surface area (Å²) in [6, 6.07) is 1.72. The zero-order valence-electron chi connectivity index (χ0n) is 10.6. The van der Waals surface area contributed by atoms with E-state index in [-0.39, 0.29) is 11.9 Å². The van der Waals surface area contributed by atoms with Crippen molar-refractivity contribution in [2.24, 2.45) is 0 Å². The monoisotopic (exact) mass is 240 g/mol. The summed E-state index contributed by atoms with van der Waals surface area (Å²) < 4.78 is 19.0. The third-order valence-electron chi connectivity index (χ3n) is 2.53. The van der Waals surface area contributed by atoms with Crippen molar-refractivity contribution in [3.05, 3.63) is 29.8 Å². The average Bonchev–Trinajstić information content (AvgIpc) is 2.34. The molecule has 1 heterocycles. The van der Waals surface area contributed by atoms with Gasteiger partial charge in [0.2, 0.25) is 0 Å². The Hall–Kier alpha value is -1.00. The van der Waals surface area contributed by atoms with E-state index >= 15 is 0 Å². The van der Waals surface area contributed by atoms with Gasteiger partial charge in [-0.1, -0.05) is 13.8 Å². The summed E-state index contributed by atoms with van der Waals surface area (Å²) >= 11 is 0. The highest BCUT2D eigenvalue weighted by atomic mass is 19.1. The van der Waals surface area contributed by atoms with Crippen LogP contribution in [0.1, 0.15) is 38.3 Å². The lowest BCUT2D eigenvalue weighted by Gasteiger charge is -2.18. The van der Waals surface area contributed by atoms with Gasteiger partial charge in [0.05, 0.1) is 6.20 Å². The number of aromatic nitrogens is 1. The molecule has 1 unspecified atom stereocenters. The summed E-state index contributed by atoms with van der Waals surface area (Å²) in [5.74, 6) is -0.256. The van der Waals surface area contributed by atoms with E-state index in [9.17, 15) is 4.39 Å². The van der Waals surface area contributed by atoms with Gasteiger partial charge in [0.25, 0.3) is 0 Å². The largest absolute Gasteiger partial charge is 0.381 e. The smallest absolute Gasteiger partial charge is 0.146 e. The maximum absolute atomic E-state index is 13.6. The summed E-state index contributed by atoms with van der Waals surface area (Å²) in [6.07, 6.45) is 4.66. The van der Waals surface area contributed by atoms with E-state index in [2.05, 4.69) is 17.2 Å². The molecule has 0 aliphatic rings. The third kappa shape index (κ3) is 4.79. The molecule has 1 aromatic heterocycles. The number of nitrogens with zero attached hydrogens (tertiary/aromatic N) is 1. The van der Waals surface area contributed by atoms with Gasteiger partial charge in [-0.25, -0.2) is 4.39 Å². The van der Waals surface area contributed by atoms with Crippen molar-refractivity contribution in [1.29, 1.82) is 0 Å². The Bertz CT molecular complexity index is 320.